The van der Waals surface area contributed by atoms with Crippen LogP contribution in [-0.2, 0) is 10.0 Å². The van der Waals surface area contributed by atoms with Gasteiger partial charge in [0.2, 0.25) is 10.0 Å². The summed E-state index contributed by atoms with van der Waals surface area (Å²) in [6.07, 6.45) is 0.737. The molecule has 1 aromatic rings. The standard InChI is InChI=1S/C19H33N5O3S/c1-5-28(25,26)22(3)12-6-11-21-19(20-2)24-15-13-23(14-16-24)17-7-9-18(27-4)10-8-17/h7-10H,5-6,11-16H2,1-4H3,(H,20,21). The van der Waals surface area contributed by atoms with Crippen molar-refractivity contribution in [3.05, 3.63) is 24.3 Å². The van der Waals surface area contributed by atoms with Crippen LogP contribution in [0.2, 0.25) is 0 Å². The van der Waals surface area contributed by atoms with Crippen LogP contribution in [0.3, 0.4) is 0 Å². The first-order chi connectivity index (χ1) is 13.4. The van der Waals surface area contributed by atoms with E-state index in [0.717, 1.165) is 44.3 Å². The summed E-state index contributed by atoms with van der Waals surface area (Å²) in [5.74, 6) is 1.87. The van der Waals surface area contributed by atoms with E-state index in [4.69, 9.17) is 4.74 Å². The molecule has 0 atom stereocenters. The lowest BCUT2D eigenvalue weighted by atomic mass is 10.2. The minimum Gasteiger partial charge on any atom is -0.497 e. The van der Waals surface area contributed by atoms with Gasteiger partial charge in [0.15, 0.2) is 5.96 Å². The van der Waals surface area contributed by atoms with Crippen LogP contribution >= 0.6 is 0 Å². The van der Waals surface area contributed by atoms with Crippen molar-refractivity contribution >= 4 is 21.7 Å². The summed E-state index contributed by atoms with van der Waals surface area (Å²) in [5.41, 5.74) is 1.20. The van der Waals surface area contributed by atoms with E-state index < -0.39 is 10.0 Å². The van der Waals surface area contributed by atoms with E-state index in [2.05, 4.69) is 32.2 Å². The molecule has 1 saturated heterocycles. The third kappa shape index (κ3) is 6.00. The van der Waals surface area contributed by atoms with E-state index in [1.807, 2.05) is 12.1 Å². The van der Waals surface area contributed by atoms with Crippen LogP contribution in [0.4, 0.5) is 5.69 Å². The lowest BCUT2D eigenvalue weighted by Crippen LogP contribution is -2.52. The van der Waals surface area contributed by atoms with E-state index >= 15 is 0 Å². The van der Waals surface area contributed by atoms with Gasteiger partial charge in [-0.15, -0.1) is 0 Å². The second-order valence-corrected chi connectivity index (χ2v) is 9.09. The van der Waals surface area contributed by atoms with Crippen molar-refractivity contribution in [1.29, 1.82) is 0 Å². The molecule has 0 aliphatic carbocycles. The summed E-state index contributed by atoms with van der Waals surface area (Å²) in [4.78, 5) is 8.98. The molecule has 1 N–H and O–H groups in total. The Morgan fingerprint density at radius 3 is 2.39 bits per heavy atom. The summed E-state index contributed by atoms with van der Waals surface area (Å²) < 4.78 is 30.2. The van der Waals surface area contributed by atoms with Crippen molar-refractivity contribution in [2.45, 2.75) is 13.3 Å². The quantitative estimate of drug-likeness (QED) is 0.392. The van der Waals surface area contributed by atoms with Crippen molar-refractivity contribution in [3.63, 3.8) is 0 Å². The Bertz CT molecular complexity index is 728. The fourth-order valence-electron chi connectivity index (χ4n) is 3.16. The van der Waals surface area contributed by atoms with Crippen LogP contribution in [0.5, 0.6) is 5.75 Å². The Morgan fingerprint density at radius 1 is 1.21 bits per heavy atom. The maximum Gasteiger partial charge on any atom is 0.213 e. The zero-order chi connectivity index (χ0) is 20.6. The predicted octanol–water partition coefficient (Wildman–Crippen LogP) is 1.06. The highest BCUT2D eigenvalue weighted by Gasteiger charge is 2.20. The maximum atomic E-state index is 11.8. The Morgan fingerprint density at radius 2 is 1.86 bits per heavy atom. The van der Waals surface area contributed by atoms with Gasteiger partial charge < -0.3 is 19.9 Å². The molecule has 1 fully saturated rings. The molecule has 0 aromatic heterocycles. The number of sulfonamides is 1. The van der Waals surface area contributed by atoms with Gasteiger partial charge in [0.05, 0.1) is 12.9 Å². The van der Waals surface area contributed by atoms with Crippen molar-refractivity contribution < 1.29 is 13.2 Å². The van der Waals surface area contributed by atoms with Crippen LogP contribution in [0.15, 0.2) is 29.3 Å². The van der Waals surface area contributed by atoms with Crippen molar-refractivity contribution in [1.82, 2.24) is 14.5 Å². The molecular weight excluding hydrogens is 378 g/mol. The van der Waals surface area contributed by atoms with Crippen LogP contribution in [0.25, 0.3) is 0 Å². The average Bonchev–Trinajstić information content (AvgIpc) is 2.74. The molecule has 1 aliphatic rings. The number of anilines is 1. The molecule has 158 valence electrons. The van der Waals surface area contributed by atoms with Gasteiger partial charge in [-0.1, -0.05) is 0 Å². The Kier molecular flexibility index (Phi) is 8.37. The minimum atomic E-state index is -3.11. The smallest absolute Gasteiger partial charge is 0.213 e. The summed E-state index contributed by atoms with van der Waals surface area (Å²) in [7, 11) is 1.98. The van der Waals surface area contributed by atoms with E-state index in [9.17, 15) is 8.42 Å². The normalized spacial score (nSPS) is 15.8. The first-order valence-corrected chi connectivity index (χ1v) is 11.3. The van der Waals surface area contributed by atoms with Gasteiger partial charge in [-0.3, -0.25) is 4.99 Å². The largest absolute Gasteiger partial charge is 0.497 e. The third-order valence-corrected chi connectivity index (χ3v) is 6.86. The molecule has 1 aromatic carbocycles. The molecule has 0 unspecified atom stereocenters. The molecule has 8 nitrogen and oxygen atoms in total. The second-order valence-electron chi connectivity index (χ2n) is 6.72. The SMILES string of the molecule is CCS(=O)(=O)N(C)CCCNC(=NC)N1CCN(c2ccc(OC)cc2)CC1. The Balaban J connectivity index is 1.77. The van der Waals surface area contributed by atoms with Gasteiger partial charge in [0.25, 0.3) is 0 Å². The predicted molar refractivity (Wildman–Crippen MR) is 115 cm³/mol. The molecule has 9 heteroatoms. The molecule has 1 aliphatic heterocycles. The van der Waals surface area contributed by atoms with Gasteiger partial charge in [-0.2, -0.15) is 0 Å². The monoisotopic (exact) mass is 411 g/mol. The van der Waals surface area contributed by atoms with E-state index in [1.54, 1.807) is 28.1 Å². The van der Waals surface area contributed by atoms with Crippen LogP contribution in [0, 0.1) is 0 Å². The van der Waals surface area contributed by atoms with E-state index in [-0.39, 0.29) is 5.75 Å². The molecule has 0 amide bonds. The van der Waals surface area contributed by atoms with Gasteiger partial charge in [-0.05, 0) is 37.6 Å². The van der Waals surface area contributed by atoms with Crippen molar-refractivity contribution in [2.75, 3.05) is 71.1 Å². The fourth-order valence-corrected chi connectivity index (χ4v) is 4.01. The first kappa shape index (κ1) is 22.3. The number of benzene rings is 1. The summed E-state index contributed by atoms with van der Waals surface area (Å²) >= 11 is 0. The third-order valence-electron chi connectivity index (χ3n) is 5.00. The van der Waals surface area contributed by atoms with Crippen LogP contribution in [-0.4, -0.2) is 89.8 Å². The highest BCUT2D eigenvalue weighted by molar-refractivity contribution is 7.89. The van der Waals surface area contributed by atoms with Gasteiger partial charge in [0, 0.05) is 59.1 Å². The maximum absolute atomic E-state index is 11.8. The zero-order valence-corrected chi connectivity index (χ0v) is 18.2. The summed E-state index contributed by atoms with van der Waals surface area (Å²) in [5, 5.41) is 3.35. The van der Waals surface area contributed by atoms with E-state index in [1.165, 1.54) is 9.99 Å². The first-order valence-electron chi connectivity index (χ1n) is 9.70. The Hall–Kier alpha value is -2.00. The molecular formula is C19H33N5O3S. The second kappa shape index (κ2) is 10.5. The topological polar surface area (TPSA) is 77.5 Å². The lowest BCUT2D eigenvalue weighted by molar-refractivity contribution is 0.371. The number of piperazine rings is 1. The van der Waals surface area contributed by atoms with Gasteiger partial charge >= 0.3 is 0 Å². The number of ether oxygens (including phenoxy) is 1. The van der Waals surface area contributed by atoms with E-state index in [0.29, 0.717) is 13.1 Å². The molecule has 0 spiro atoms. The summed E-state index contributed by atoms with van der Waals surface area (Å²) in [6, 6.07) is 8.14. The fraction of sp³-hybridized carbons (Fsp3) is 0.632. The Labute approximate surface area is 169 Å². The molecule has 0 radical (unpaired) electrons. The number of aliphatic imine (C=N–C) groups is 1. The van der Waals surface area contributed by atoms with Gasteiger partial charge in [0.1, 0.15) is 5.75 Å². The van der Waals surface area contributed by atoms with Gasteiger partial charge in [-0.25, -0.2) is 12.7 Å². The summed E-state index contributed by atoms with van der Waals surface area (Å²) in [6.45, 7) is 6.47. The molecule has 1 heterocycles. The highest BCUT2D eigenvalue weighted by Crippen LogP contribution is 2.20. The van der Waals surface area contributed by atoms with Crippen molar-refractivity contribution in [2.24, 2.45) is 4.99 Å². The number of hydrogen-bond donors (Lipinski definition) is 1. The molecule has 0 bridgehead atoms. The zero-order valence-electron chi connectivity index (χ0n) is 17.4. The molecule has 0 saturated carbocycles. The van der Waals surface area contributed by atoms with Crippen LogP contribution in [0.1, 0.15) is 13.3 Å². The number of guanidine groups is 1. The number of rotatable bonds is 8. The number of nitrogens with one attached hydrogen (secondary N) is 1. The molecule has 28 heavy (non-hydrogen) atoms. The number of nitrogens with zero attached hydrogens (tertiary/aromatic N) is 4. The average molecular weight is 412 g/mol. The van der Waals surface area contributed by atoms with Crippen LogP contribution < -0.4 is 15.0 Å². The highest BCUT2D eigenvalue weighted by atomic mass is 32.2. The number of methoxy groups -OCH3 is 1. The van der Waals surface area contributed by atoms with Crippen molar-refractivity contribution in [3.8, 4) is 5.75 Å². The molecule has 2 rings (SSSR count). The lowest BCUT2D eigenvalue weighted by Gasteiger charge is -2.37. The minimum absolute atomic E-state index is 0.136. The number of hydrogen-bond acceptors (Lipinski definition) is 5.